The molecule has 0 saturated heterocycles. The van der Waals surface area contributed by atoms with Gasteiger partial charge in [0.1, 0.15) is 5.69 Å². The van der Waals surface area contributed by atoms with Crippen molar-refractivity contribution in [3.63, 3.8) is 0 Å². The molecule has 0 aliphatic rings. The van der Waals surface area contributed by atoms with Crippen molar-refractivity contribution in [2.45, 2.75) is 13.0 Å². The van der Waals surface area contributed by atoms with E-state index in [0.29, 0.717) is 18.8 Å². The van der Waals surface area contributed by atoms with Crippen LogP contribution in [0.15, 0.2) is 59.5 Å². The molecule has 0 unspecified atom stereocenters. The van der Waals surface area contributed by atoms with E-state index in [1.165, 1.54) is 0 Å². The second-order valence-electron chi connectivity index (χ2n) is 5.80. The van der Waals surface area contributed by atoms with Gasteiger partial charge in [0, 0.05) is 29.2 Å². The van der Waals surface area contributed by atoms with E-state index in [9.17, 15) is 4.79 Å². The summed E-state index contributed by atoms with van der Waals surface area (Å²) in [6.45, 7) is 1.14. The van der Waals surface area contributed by atoms with Crippen molar-refractivity contribution < 1.29 is 0 Å². The predicted octanol–water partition coefficient (Wildman–Crippen LogP) is 2.89. The molecule has 0 fully saturated rings. The minimum atomic E-state index is -0.0769. The molecule has 0 amide bonds. The van der Waals surface area contributed by atoms with Crippen LogP contribution >= 0.6 is 0 Å². The molecule has 0 atom stereocenters. The summed E-state index contributed by atoms with van der Waals surface area (Å²) in [6.07, 6.45) is 2.61. The van der Waals surface area contributed by atoms with E-state index in [4.69, 9.17) is 5.73 Å². The maximum atomic E-state index is 13.1. The van der Waals surface area contributed by atoms with E-state index in [0.717, 1.165) is 33.9 Å². The Kier molecular flexibility index (Phi) is 3.63. The first kappa shape index (κ1) is 14.7. The van der Waals surface area contributed by atoms with Crippen LogP contribution in [-0.4, -0.2) is 21.1 Å². The van der Waals surface area contributed by atoms with Crippen LogP contribution in [0.5, 0.6) is 0 Å². The summed E-state index contributed by atoms with van der Waals surface area (Å²) in [6, 6.07) is 15.7. The fourth-order valence-corrected chi connectivity index (χ4v) is 3.11. The number of aryl methyl sites for hydroxylation is 1. The Balaban J connectivity index is 2.02. The first-order chi connectivity index (χ1) is 11.8. The van der Waals surface area contributed by atoms with Gasteiger partial charge >= 0.3 is 0 Å². The normalized spacial score (nSPS) is 11.4. The van der Waals surface area contributed by atoms with Crippen LogP contribution in [-0.2, 0) is 6.54 Å². The molecule has 2 aromatic carbocycles. The number of nitrogens with two attached hydrogens (primary N) is 1. The summed E-state index contributed by atoms with van der Waals surface area (Å²) in [5, 5.41) is 1.00. The molecule has 0 saturated carbocycles. The Morgan fingerprint density at radius 1 is 1.08 bits per heavy atom. The molecule has 4 aromatic rings. The molecule has 4 rings (SSSR count). The van der Waals surface area contributed by atoms with Gasteiger partial charge in [-0.15, -0.1) is 0 Å². The molecule has 5 heteroatoms. The fraction of sp³-hybridized carbons (Fsp3) is 0.158. The first-order valence-corrected chi connectivity index (χ1v) is 8.06. The number of fused-ring (bicyclic) bond motifs is 2. The van der Waals surface area contributed by atoms with Crippen LogP contribution in [0.1, 0.15) is 6.42 Å². The standard InChI is InChI=1S/C19H18N4O/c20-10-5-11-23-17-9-4-3-8-16(17)22-18(19(23)24)14-12-21-15-7-2-1-6-13(14)15/h1-4,6-9,12,21H,5,10-11,20H2. The Hall–Kier alpha value is -2.92. The lowest BCUT2D eigenvalue weighted by atomic mass is 10.1. The maximum Gasteiger partial charge on any atom is 0.277 e. The molecule has 2 heterocycles. The van der Waals surface area contributed by atoms with Crippen molar-refractivity contribution in [1.82, 2.24) is 14.5 Å². The van der Waals surface area contributed by atoms with Gasteiger partial charge in [0.25, 0.3) is 5.56 Å². The highest BCUT2D eigenvalue weighted by atomic mass is 16.1. The quantitative estimate of drug-likeness (QED) is 0.607. The molecule has 3 N–H and O–H groups in total. The number of benzene rings is 2. The number of aromatic nitrogens is 3. The van der Waals surface area contributed by atoms with Gasteiger partial charge < -0.3 is 15.3 Å². The minimum absolute atomic E-state index is 0.0769. The topological polar surface area (TPSA) is 76.7 Å². The Labute approximate surface area is 138 Å². The van der Waals surface area contributed by atoms with Crippen molar-refractivity contribution in [2.75, 3.05) is 6.54 Å². The number of nitrogens with one attached hydrogen (secondary N) is 1. The van der Waals surface area contributed by atoms with Crippen molar-refractivity contribution in [2.24, 2.45) is 5.73 Å². The molecule has 0 bridgehead atoms. The zero-order chi connectivity index (χ0) is 16.5. The third-order valence-corrected chi connectivity index (χ3v) is 4.28. The summed E-state index contributed by atoms with van der Waals surface area (Å²) in [5.74, 6) is 0. The van der Waals surface area contributed by atoms with Gasteiger partial charge in [-0.3, -0.25) is 4.79 Å². The summed E-state index contributed by atoms with van der Waals surface area (Å²) in [4.78, 5) is 20.9. The molecule has 24 heavy (non-hydrogen) atoms. The molecule has 0 spiro atoms. The molecule has 120 valence electrons. The van der Waals surface area contributed by atoms with Crippen LogP contribution in [0.4, 0.5) is 0 Å². The largest absolute Gasteiger partial charge is 0.360 e. The number of nitrogens with zero attached hydrogens (tertiary/aromatic N) is 2. The number of aromatic amines is 1. The average Bonchev–Trinajstić information content (AvgIpc) is 3.04. The van der Waals surface area contributed by atoms with E-state index in [1.54, 1.807) is 4.57 Å². The van der Waals surface area contributed by atoms with E-state index >= 15 is 0 Å². The van der Waals surface area contributed by atoms with Gasteiger partial charge in [0.05, 0.1) is 11.0 Å². The Bertz CT molecular complexity index is 1080. The van der Waals surface area contributed by atoms with Gasteiger partial charge in [0.2, 0.25) is 0 Å². The van der Waals surface area contributed by atoms with Crippen molar-refractivity contribution in [3.05, 3.63) is 65.1 Å². The number of H-pyrrole nitrogens is 1. The zero-order valence-electron chi connectivity index (χ0n) is 13.2. The smallest absolute Gasteiger partial charge is 0.277 e. The Morgan fingerprint density at radius 2 is 1.88 bits per heavy atom. The van der Waals surface area contributed by atoms with Crippen molar-refractivity contribution in [1.29, 1.82) is 0 Å². The van der Waals surface area contributed by atoms with Crippen molar-refractivity contribution >= 4 is 21.9 Å². The summed E-state index contributed by atoms with van der Waals surface area (Å²) in [7, 11) is 0. The molecule has 0 aliphatic heterocycles. The number of para-hydroxylation sites is 3. The fourth-order valence-electron chi connectivity index (χ4n) is 3.11. The van der Waals surface area contributed by atoms with Gasteiger partial charge in [0.15, 0.2) is 0 Å². The molecule has 0 aliphatic carbocycles. The first-order valence-electron chi connectivity index (χ1n) is 8.06. The second-order valence-corrected chi connectivity index (χ2v) is 5.80. The minimum Gasteiger partial charge on any atom is -0.360 e. The zero-order valence-corrected chi connectivity index (χ0v) is 13.2. The number of hydrogen-bond acceptors (Lipinski definition) is 3. The average molecular weight is 318 g/mol. The van der Waals surface area contributed by atoms with Crippen LogP contribution in [0.3, 0.4) is 0 Å². The van der Waals surface area contributed by atoms with Crippen LogP contribution in [0.2, 0.25) is 0 Å². The van der Waals surface area contributed by atoms with Crippen molar-refractivity contribution in [3.8, 4) is 11.3 Å². The molecule has 2 aromatic heterocycles. The number of rotatable bonds is 4. The van der Waals surface area contributed by atoms with Crippen LogP contribution < -0.4 is 11.3 Å². The van der Waals surface area contributed by atoms with E-state index in [2.05, 4.69) is 9.97 Å². The number of hydrogen-bond donors (Lipinski definition) is 2. The van der Waals surface area contributed by atoms with Gasteiger partial charge in [-0.2, -0.15) is 0 Å². The van der Waals surface area contributed by atoms with Gasteiger partial charge in [-0.1, -0.05) is 30.3 Å². The van der Waals surface area contributed by atoms with Crippen LogP contribution in [0.25, 0.3) is 33.2 Å². The molecular weight excluding hydrogens is 300 g/mol. The Morgan fingerprint density at radius 3 is 2.75 bits per heavy atom. The van der Waals surface area contributed by atoms with Gasteiger partial charge in [-0.25, -0.2) is 4.98 Å². The second kappa shape index (κ2) is 5.94. The highest BCUT2D eigenvalue weighted by Crippen LogP contribution is 2.26. The summed E-state index contributed by atoms with van der Waals surface area (Å²) >= 11 is 0. The molecular formula is C19H18N4O. The van der Waals surface area contributed by atoms with E-state index < -0.39 is 0 Å². The highest BCUT2D eigenvalue weighted by molar-refractivity contribution is 5.95. The highest BCUT2D eigenvalue weighted by Gasteiger charge is 2.15. The predicted molar refractivity (Wildman–Crippen MR) is 97.0 cm³/mol. The molecule has 0 radical (unpaired) electrons. The molecule has 5 nitrogen and oxygen atoms in total. The van der Waals surface area contributed by atoms with Crippen LogP contribution in [0, 0.1) is 0 Å². The monoisotopic (exact) mass is 318 g/mol. The van der Waals surface area contributed by atoms with E-state index in [1.807, 2.05) is 54.7 Å². The SMILES string of the molecule is NCCCn1c(=O)c(-c2c[nH]c3ccccc23)nc2ccccc21. The maximum absolute atomic E-state index is 13.1. The van der Waals surface area contributed by atoms with Gasteiger partial charge in [-0.05, 0) is 31.2 Å². The lowest BCUT2D eigenvalue weighted by Gasteiger charge is -2.11. The summed E-state index contributed by atoms with van der Waals surface area (Å²) in [5.41, 5.74) is 9.53. The lowest BCUT2D eigenvalue weighted by molar-refractivity contribution is 0.649. The summed E-state index contributed by atoms with van der Waals surface area (Å²) < 4.78 is 1.78. The van der Waals surface area contributed by atoms with E-state index in [-0.39, 0.29) is 5.56 Å². The third-order valence-electron chi connectivity index (χ3n) is 4.28. The third kappa shape index (κ3) is 2.30. The lowest BCUT2D eigenvalue weighted by Crippen LogP contribution is -2.24.